The third kappa shape index (κ3) is 3.46. The topological polar surface area (TPSA) is 190 Å². The Morgan fingerprint density at radius 3 is 1.56 bits per heavy atom. The van der Waals surface area contributed by atoms with Gasteiger partial charge in [-0.2, -0.15) is 42.1 Å². The maximum atomic E-state index is 9.50. The molecule has 1 unspecified atom stereocenters. The molecule has 0 aromatic heterocycles. The van der Waals surface area contributed by atoms with Crippen LogP contribution in [-0.4, -0.2) is 0 Å². The zero-order chi connectivity index (χ0) is 24.8. The van der Waals surface area contributed by atoms with E-state index in [1.807, 2.05) is 48.6 Å². The molecule has 0 N–H and O–H groups in total. The average Bonchev–Trinajstić information content (AvgIpc) is 2.87. The molecule has 0 saturated heterocycles. The van der Waals surface area contributed by atoms with Crippen LogP contribution in [0.4, 0.5) is 0 Å². The summed E-state index contributed by atoms with van der Waals surface area (Å²) in [5.74, 6) is -1.82. The van der Waals surface area contributed by atoms with Gasteiger partial charge in [0.05, 0.1) is 12.1 Å². The van der Waals surface area contributed by atoms with E-state index in [0.29, 0.717) is 21.9 Å². The molecule has 3 rings (SSSR count). The summed E-state index contributed by atoms with van der Waals surface area (Å²) in [6, 6.07) is 20.8. The molecule has 0 fully saturated rings. The molecular formula is C26H8N8. The molecule has 8 heteroatoms. The smallest absolute Gasteiger partial charge is 0.143 e. The first kappa shape index (κ1) is 22.5. The van der Waals surface area contributed by atoms with E-state index < -0.39 is 11.8 Å². The molecule has 1 atom stereocenters. The van der Waals surface area contributed by atoms with Crippen molar-refractivity contribution in [1.82, 2.24) is 0 Å². The van der Waals surface area contributed by atoms with Crippen molar-refractivity contribution in [2.45, 2.75) is 5.92 Å². The Bertz CT molecular complexity index is 1740. The summed E-state index contributed by atoms with van der Waals surface area (Å²) in [5.41, 5.74) is 0.433. The second-order valence-corrected chi connectivity index (χ2v) is 6.98. The molecule has 0 saturated carbocycles. The molecule has 0 bridgehead atoms. The van der Waals surface area contributed by atoms with Crippen LogP contribution in [0.1, 0.15) is 17.0 Å². The van der Waals surface area contributed by atoms with Gasteiger partial charge in [-0.3, -0.25) is 0 Å². The van der Waals surface area contributed by atoms with Crippen molar-refractivity contribution >= 4 is 27.5 Å². The van der Waals surface area contributed by atoms with Crippen LogP contribution < -0.4 is 10.4 Å². The fourth-order valence-electron chi connectivity index (χ4n) is 3.88. The van der Waals surface area contributed by atoms with Crippen LogP contribution in [0.5, 0.6) is 0 Å². The van der Waals surface area contributed by atoms with Gasteiger partial charge < -0.3 is 0 Å². The largest absolute Gasteiger partial charge is 0.197 e. The van der Waals surface area contributed by atoms with E-state index in [-0.39, 0.29) is 32.7 Å². The summed E-state index contributed by atoms with van der Waals surface area (Å²) >= 11 is 0. The van der Waals surface area contributed by atoms with Crippen molar-refractivity contribution < 1.29 is 0 Å². The zero-order valence-electron chi connectivity index (χ0n) is 17.2. The van der Waals surface area contributed by atoms with Crippen LogP contribution in [0.3, 0.4) is 0 Å². The monoisotopic (exact) mass is 432 g/mol. The second-order valence-electron chi connectivity index (χ2n) is 6.98. The number of hydrogen-bond acceptors (Lipinski definition) is 8. The molecule has 0 radical (unpaired) electrons. The van der Waals surface area contributed by atoms with Crippen molar-refractivity contribution in [3.05, 3.63) is 63.6 Å². The van der Waals surface area contributed by atoms with Crippen LogP contribution in [0, 0.1) is 96.6 Å². The Morgan fingerprint density at radius 2 is 1.12 bits per heavy atom. The highest BCUT2D eigenvalue weighted by atomic mass is 14.4. The maximum absolute atomic E-state index is 9.50. The number of fused-ring (bicyclic) bond motifs is 2. The summed E-state index contributed by atoms with van der Waals surface area (Å²) in [5, 5.41) is 76.8. The van der Waals surface area contributed by atoms with E-state index in [1.54, 1.807) is 18.2 Å². The summed E-state index contributed by atoms with van der Waals surface area (Å²) in [7, 11) is 0. The summed E-state index contributed by atoms with van der Waals surface area (Å²) in [4.78, 5) is 0. The second kappa shape index (κ2) is 9.32. The van der Waals surface area contributed by atoms with Gasteiger partial charge in [-0.1, -0.05) is 24.3 Å². The highest BCUT2D eigenvalue weighted by molar-refractivity contribution is 5.97. The zero-order valence-corrected chi connectivity index (χ0v) is 17.2. The first-order chi connectivity index (χ1) is 16.5. The molecule has 1 aliphatic carbocycles. The number of nitrogens with zero attached hydrogens (tertiary/aromatic N) is 8. The summed E-state index contributed by atoms with van der Waals surface area (Å²) in [6.07, 6.45) is 3.05. The lowest BCUT2D eigenvalue weighted by atomic mass is 9.76. The molecule has 0 heterocycles. The Hall–Kier alpha value is -6.16. The third-order valence-electron chi connectivity index (χ3n) is 5.42. The SMILES string of the molecule is N#CC(C#N)=C1C=CC(C(C#N)C#N)c2cc3c(=C(C#N)C#N)ccc(=C(C#N)C#N)c3cc21. The molecule has 0 spiro atoms. The number of hydrogen-bond donors (Lipinski definition) is 0. The van der Waals surface area contributed by atoms with Crippen molar-refractivity contribution in [1.29, 1.82) is 42.1 Å². The molecule has 34 heavy (non-hydrogen) atoms. The van der Waals surface area contributed by atoms with Gasteiger partial charge in [0, 0.05) is 21.9 Å². The van der Waals surface area contributed by atoms with Gasteiger partial charge in [0.25, 0.3) is 0 Å². The van der Waals surface area contributed by atoms with Gasteiger partial charge in [0.15, 0.2) is 0 Å². The quantitative estimate of drug-likeness (QED) is 0.613. The normalized spacial score (nSPS) is 12.9. The highest BCUT2D eigenvalue weighted by Gasteiger charge is 2.29. The van der Waals surface area contributed by atoms with Gasteiger partial charge in [-0.05, 0) is 34.0 Å². The first-order valence-electron chi connectivity index (χ1n) is 9.51. The predicted molar refractivity (Wildman–Crippen MR) is 117 cm³/mol. The molecule has 8 nitrogen and oxygen atoms in total. The average molecular weight is 432 g/mol. The van der Waals surface area contributed by atoms with Crippen LogP contribution in [0.2, 0.25) is 0 Å². The van der Waals surface area contributed by atoms with Crippen molar-refractivity contribution in [2.24, 2.45) is 5.92 Å². The van der Waals surface area contributed by atoms with Gasteiger partial charge in [-0.15, -0.1) is 0 Å². The molecule has 2 aromatic carbocycles. The lowest BCUT2D eigenvalue weighted by Gasteiger charge is -2.24. The van der Waals surface area contributed by atoms with Crippen LogP contribution in [0.15, 0.2) is 42.0 Å². The number of allylic oxidation sites excluding steroid dienone is 4. The van der Waals surface area contributed by atoms with Crippen molar-refractivity contribution in [3.63, 3.8) is 0 Å². The maximum Gasteiger partial charge on any atom is 0.143 e. The van der Waals surface area contributed by atoms with Crippen LogP contribution >= 0.6 is 0 Å². The van der Waals surface area contributed by atoms with Crippen molar-refractivity contribution in [3.8, 4) is 48.6 Å². The summed E-state index contributed by atoms with van der Waals surface area (Å²) < 4.78 is 0. The number of nitriles is 8. The van der Waals surface area contributed by atoms with E-state index in [9.17, 15) is 42.1 Å². The lowest BCUT2D eigenvalue weighted by molar-refractivity contribution is 0.728. The molecule has 0 amide bonds. The molecule has 152 valence electrons. The highest BCUT2D eigenvalue weighted by Crippen LogP contribution is 2.39. The minimum Gasteiger partial charge on any atom is -0.197 e. The van der Waals surface area contributed by atoms with Gasteiger partial charge in [0.1, 0.15) is 59.1 Å². The fourth-order valence-corrected chi connectivity index (χ4v) is 3.88. The Kier molecular flexibility index (Phi) is 6.18. The number of rotatable bonds is 1. The Morgan fingerprint density at radius 1 is 0.647 bits per heavy atom. The van der Waals surface area contributed by atoms with E-state index in [2.05, 4.69) is 0 Å². The first-order valence-corrected chi connectivity index (χ1v) is 9.51. The Balaban J connectivity index is 2.74. The van der Waals surface area contributed by atoms with E-state index in [0.717, 1.165) is 0 Å². The van der Waals surface area contributed by atoms with Crippen LogP contribution in [0.25, 0.3) is 27.5 Å². The Labute approximate surface area is 193 Å². The number of benzene rings is 2. The van der Waals surface area contributed by atoms with Gasteiger partial charge >= 0.3 is 0 Å². The van der Waals surface area contributed by atoms with E-state index >= 15 is 0 Å². The van der Waals surface area contributed by atoms with Gasteiger partial charge in [-0.25, -0.2) is 0 Å². The standard InChI is InChI=1S/C26H8N8/c27-7-15(8-28)19-1-2-20(16(9-29)10-30)24-6-26-22(18(13-33)14-34)4-3-21(17(11-31)12-32)25(26)5-23(19)24/h1-6,15,19H. The fraction of sp³-hybridized carbons (Fsp3) is 0.0769. The van der Waals surface area contributed by atoms with E-state index in [4.69, 9.17) is 0 Å². The van der Waals surface area contributed by atoms with Gasteiger partial charge in [0.2, 0.25) is 0 Å². The lowest BCUT2D eigenvalue weighted by Crippen LogP contribution is -2.19. The minimum absolute atomic E-state index is 0.204. The third-order valence-corrected chi connectivity index (χ3v) is 5.42. The van der Waals surface area contributed by atoms with Crippen molar-refractivity contribution in [2.75, 3.05) is 0 Å². The van der Waals surface area contributed by atoms with Crippen LogP contribution in [-0.2, 0) is 0 Å². The molecular weight excluding hydrogens is 424 g/mol. The molecule has 0 aliphatic heterocycles. The van der Waals surface area contributed by atoms with E-state index in [1.165, 1.54) is 18.2 Å². The predicted octanol–water partition coefficient (Wildman–Crippen LogP) is 2.35. The molecule has 1 aliphatic rings. The molecule has 2 aromatic rings. The summed E-state index contributed by atoms with van der Waals surface area (Å²) in [6.45, 7) is 0. The minimum atomic E-state index is -1.09.